The van der Waals surface area contributed by atoms with Gasteiger partial charge in [0.15, 0.2) is 11.5 Å². The molecule has 0 atom stereocenters. The number of aryl methyl sites for hydroxylation is 4. The molecule has 0 saturated heterocycles. The van der Waals surface area contributed by atoms with Gasteiger partial charge in [-0.3, -0.25) is 4.39 Å². The Morgan fingerprint density at radius 2 is 1.21 bits per heavy atom. The molecule has 0 aliphatic rings. The first-order chi connectivity index (χ1) is 27.3. The molecule has 0 bridgehead atoms. The molecular weight excluding hydrogens is 727 g/mol. The molecule has 15 heteroatoms. The summed E-state index contributed by atoms with van der Waals surface area (Å²) in [4.78, 5) is 37.3. The van der Waals surface area contributed by atoms with E-state index in [1.54, 1.807) is 30.3 Å². The Balaban J connectivity index is 0.000000198. The van der Waals surface area contributed by atoms with Crippen LogP contribution in [0.2, 0.25) is 0 Å². The fourth-order valence-electron chi connectivity index (χ4n) is 5.24. The molecule has 4 aromatic carbocycles. The monoisotopic (exact) mass is 767 g/mol. The van der Waals surface area contributed by atoms with Crippen molar-refractivity contribution in [3.05, 3.63) is 130 Å². The lowest BCUT2D eigenvalue weighted by Gasteiger charge is -1.99. The van der Waals surface area contributed by atoms with Crippen LogP contribution in [0.3, 0.4) is 0 Å². The quantitative estimate of drug-likeness (QED) is 0.0477. The lowest BCUT2D eigenvalue weighted by molar-refractivity contribution is 0.0591. The number of alkyl halides is 1. The van der Waals surface area contributed by atoms with Crippen LogP contribution < -0.4 is 5.73 Å². The summed E-state index contributed by atoms with van der Waals surface area (Å²) < 4.78 is 41.4. The second-order valence-electron chi connectivity index (χ2n) is 12.0. The molecule has 0 aliphatic carbocycles. The predicted molar refractivity (Wildman–Crippen MR) is 206 cm³/mol. The number of halogens is 1. The number of fused-ring (bicyclic) bond motifs is 2. The summed E-state index contributed by atoms with van der Waals surface area (Å²) in [5, 5.41) is 26.1. The maximum atomic E-state index is 11.5. The number of benzene rings is 4. The summed E-state index contributed by atoms with van der Waals surface area (Å²) in [5.74, 6) is -0.213. The maximum absolute atomic E-state index is 11.5. The standard InChI is InChI=1S/C20H16N2O4.C11H12N2O2.C9H8O4.CH3F/c1-11-4-5-12(2)17-15(11)10-16(25-17)18-21-19(26-22-18)13-6-8-14(9-7-13)20(23)24-3;1-6-3-4-7(2)10-8(6)5-9(15-10)11(12)13-14;1-13-9(12)7-4-2-6(3-5-7)8(10)11;1-2/h4-10H,1-3H3;3-5,14H,1-2H3,(H2,12,13);2-5H,1H3,(H,10,11);1H3/i;;;1D. The number of carboxylic acid groups (broad SMARTS) is 1. The van der Waals surface area contributed by atoms with Crippen molar-refractivity contribution in [3.63, 3.8) is 0 Å². The lowest BCUT2D eigenvalue weighted by atomic mass is 10.1. The van der Waals surface area contributed by atoms with Gasteiger partial charge in [0.25, 0.3) is 5.89 Å². The smallest absolute Gasteiger partial charge is 0.337 e. The highest BCUT2D eigenvalue weighted by atomic mass is 19.1. The maximum Gasteiger partial charge on any atom is 0.337 e. The lowest BCUT2D eigenvalue weighted by Crippen LogP contribution is -2.11. The van der Waals surface area contributed by atoms with E-state index < -0.39 is 25.1 Å². The van der Waals surface area contributed by atoms with Gasteiger partial charge >= 0.3 is 17.9 Å². The Labute approximate surface area is 321 Å². The molecule has 14 nitrogen and oxygen atoms in total. The van der Waals surface area contributed by atoms with Gasteiger partial charge in [-0.1, -0.05) is 34.6 Å². The van der Waals surface area contributed by atoms with Crippen molar-refractivity contribution in [2.45, 2.75) is 27.7 Å². The zero-order chi connectivity index (χ0) is 41.8. The third kappa shape index (κ3) is 9.43. The van der Waals surface area contributed by atoms with E-state index in [0.29, 0.717) is 39.9 Å². The summed E-state index contributed by atoms with van der Waals surface area (Å²) in [6.45, 7) is 7.99. The van der Waals surface area contributed by atoms with Crippen molar-refractivity contribution in [2.75, 3.05) is 21.4 Å². The Morgan fingerprint density at radius 3 is 1.68 bits per heavy atom. The molecule has 0 unspecified atom stereocenters. The van der Waals surface area contributed by atoms with E-state index >= 15 is 0 Å². The van der Waals surface area contributed by atoms with Crippen molar-refractivity contribution in [3.8, 4) is 23.0 Å². The number of rotatable bonds is 6. The number of carbonyl (C=O) groups excluding carboxylic acids is 2. The molecule has 0 spiro atoms. The van der Waals surface area contributed by atoms with Gasteiger partial charge in [0.2, 0.25) is 11.7 Å². The molecule has 0 aliphatic heterocycles. The molecular formula is C41H39FN4O10. The van der Waals surface area contributed by atoms with Crippen molar-refractivity contribution >= 4 is 45.7 Å². The fraction of sp³-hybridized carbons (Fsp3) is 0.171. The highest BCUT2D eigenvalue weighted by molar-refractivity contribution is 5.99. The Hall–Kier alpha value is -7.29. The summed E-state index contributed by atoms with van der Waals surface area (Å²) in [7, 11) is 1.62. The predicted octanol–water partition coefficient (Wildman–Crippen LogP) is 8.45. The Kier molecular flexibility index (Phi) is 13.3. The molecule has 0 fully saturated rings. The van der Waals surface area contributed by atoms with Crippen molar-refractivity contribution < 1.29 is 53.3 Å². The van der Waals surface area contributed by atoms with E-state index in [1.807, 2.05) is 52.0 Å². The number of ether oxygens (including phenoxy) is 2. The average Bonchev–Trinajstić information content (AvgIpc) is 4.01. The number of nitrogens with zero attached hydrogens (tertiary/aromatic N) is 3. The first kappa shape index (κ1) is 39.9. The van der Waals surface area contributed by atoms with Gasteiger partial charge in [-0.05, 0) is 111 Å². The van der Waals surface area contributed by atoms with E-state index in [2.05, 4.69) is 30.8 Å². The minimum atomic E-state index is -1.02. The van der Waals surface area contributed by atoms with Gasteiger partial charge in [-0.2, -0.15) is 4.98 Å². The van der Waals surface area contributed by atoms with Crippen LogP contribution in [0, 0.1) is 27.7 Å². The number of amidine groups is 1. The molecule has 7 aromatic rings. The number of oxime groups is 1. The molecule has 7 rings (SSSR count). The number of aromatic carboxylic acids is 1. The molecule has 0 saturated carbocycles. The van der Waals surface area contributed by atoms with Gasteiger partial charge in [-0.25, -0.2) is 14.4 Å². The molecule has 0 amide bonds. The fourth-order valence-corrected chi connectivity index (χ4v) is 5.24. The van der Waals surface area contributed by atoms with Gasteiger partial charge in [0.1, 0.15) is 11.2 Å². The van der Waals surface area contributed by atoms with Crippen molar-refractivity contribution in [2.24, 2.45) is 10.9 Å². The Bertz CT molecular complexity index is 2450. The highest BCUT2D eigenvalue weighted by Crippen LogP contribution is 2.32. The number of methoxy groups -OCH3 is 2. The number of furan rings is 2. The SMILES string of the molecule is COC(=O)c1ccc(-c2nc(-c3cc4c(C)ccc(C)c4o3)no2)cc1.COC(=O)c1ccc(C(=O)O)cc1.Cc1ccc(C)c2oc(/C(N)=N/O)cc12.[2H]CF. The summed E-state index contributed by atoms with van der Waals surface area (Å²) >= 11 is 0. The van der Waals surface area contributed by atoms with E-state index in [0.717, 1.165) is 44.2 Å². The molecule has 3 heterocycles. The zero-order valence-corrected chi connectivity index (χ0v) is 31.2. The summed E-state index contributed by atoms with van der Waals surface area (Å²) in [6, 6.07) is 24.1. The molecule has 3 aromatic heterocycles. The van der Waals surface area contributed by atoms with Crippen LogP contribution in [0.5, 0.6) is 0 Å². The third-order valence-electron chi connectivity index (χ3n) is 8.31. The van der Waals surface area contributed by atoms with Gasteiger partial charge < -0.3 is 38.9 Å². The van der Waals surface area contributed by atoms with Crippen LogP contribution in [0.25, 0.3) is 45.0 Å². The number of hydrogen-bond acceptors (Lipinski definition) is 12. The number of nitrogens with two attached hydrogens (primary N) is 1. The average molecular weight is 768 g/mol. The largest absolute Gasteiger partial charge is 0.478 e. The Morgan fingerprint density at radius 1 is 0.750 bits per heavy atom. The van der Waals surface area contributed by atoms with Gasteiger partial charge in [0.05, 0.1) is 39.4 Å². The van der Waals surface area contributed by atoms with E-state index in [9.17, 15) is 18.8 Å². The normalized spacial score (nSPS) is 10.9. The van der Waals surface area contributed by atoms with Crippen LogP contribution >= 0.6 is 0 Å². The summed E-state index contributed by atoms with van der Waals surface area (Å²) in [6.07, 6.45) is 0. The second kappa shape index (κ2) is 18.6. The van der Waals surface area contributed by atoms with Gasteiger partial charge in [0, 0.05) is 16.3 Å². The second-order valence-corrected chi connectivity index (χ2v) is 12.0. The third-order valence-corrected chi connectivity index (χ3v) is 8.31. The molecule has 290 valence electrons. The summed E-state index contributed by atoms with van der Waals surface area (Å²) in [5.41, 5.74) is 13.1. The van der Waals surface area contributed by atoms with Crippen molar-refractivity contribution in [1.82, 2.24) is 10.1 Å². The zero-order valence-electron chi connectivity index (χ0n) is 32.2. The minimum Gasteiger partial charge on any atom is -0.478 e. The van der Waals surface area contributed by atoms with E-state index in [-0.39, 0.29) is 11.4 Å². The number of esters is 2. The number of aromatic nitrogens is 2. The van der Waals surface area contributed by atoms with Crippen molar-refractivity contribution in [1.29, 1.82) is 0 Å². The van der Waals surface area contributed by atoms with E-state index in [1.165, 1.54) is 38.5 Å². The number of carboxylic acids is 1. The first-order valence-electron chi connectivity index (χ1n) is 17.2. The van der Waals surface area contributed by atoms with Crippen LogP contribution in [-0.2, 0) is 9.47 Å². The van der Waals surface area contributed by atoms with Crippen LogP contribution in [-0.4, -0.2) is 65.6 Å². The highest BCUT2D eigenvalue weighted by Gasteiger charge is 2.17. The minimum absolute atomic E-state index is 0.00926. The first-order valence-corrected chi connectivity index (χ1v) is 16.5. The van der Waals surface area contributed by atoms with Gasteiger partial charge in [-0.15, -0.1) is 0 Å². The number of hydrogen-bond donors (Lipinski definition) is 3. The molecule has 0 radical (unpaired) electrons. The number of carbonyl (C=O) groups is 3. The van der Waals surface area contributed by atoms with Crippen LogP contribution in [0.15, 0.2) is 103 Å². The molecule has 56 heavy (non-hydrogen) atoms. The molecule has 4 N–H and O–H groups in total. The van der Waals surface area contributed by atoms with Crippen LogP contribution in [0.1, 0.15) is 60.5 Å². The van der Waals surface area contributed by atoms with E-state index in [4.69, 9.17) is 30.8 Å². The topological polar surface area (TPSA) is 214 Å². The van der Waals surface area contributed by atoms with Crippen LogP contribution in [0.4, 0.5) is 4.39 Å².